The summed E-state index contributed by atoms with van der Waals surface area (Å²) >= 11 is 0. The van der Waals surface area contributed by atoms with Gasteiger partial charge in [-0.15, -0.1) is 0 Å². The molecule has 1 aromatic heterocycles. The summed E-state index contributed by atoms with van der Waals surface area (Å²) in [7, 11) is 1.98. The van der Waals surface area contributed by atoms with Crippen molar-refractivity contribution in [3.63, 3.8) is 0 Å². The van der Waals surface area contributed by atoms with E-state index >= 15 is 0 Å². The molecule has 4 nitrogen and oxygen atoms in total. The number of anilines is 2. The normalized spacial score (nSPS) is 14.7. The van der Waals surface area contributed by atoms with Crippen LogP contribution in [0.4, 0.5) is 11.4 Å². The smallest absolute Gasteiger partial charge is 0.0671 e. The average molecular weight is 284 g/mol. The van der Waals surface area contributed by atoms with Crippen LogP contribution in [0.3, 0.4) is 0 Å². The van der Waals surface area contributed by atoms with Gasteiger partial charge in [-0.3, -0.25) is 4.68 Å². The number of hydrogen-bond donors (Lipinski definition) is 1. The van der Waals surface area contributed by atoms with Crippen molar-refractivity contribution < 1.29 is 0 Å². The lowest BCUT2D eigenvalue weighted by Gasteiger charge is -2.18. The van der Waals surface area contributed by atoms with Crippen molar-refractivity contribution in [2.24, 2.45) is 7.05 Å². The predicted octanol–water partition coefficient (Wildman–Crippen LogP) is 3.19. The minimum Gasteiger partial charge on any atom is -0.381 e. The van der Waals surface area contributed by atoms with E-state index in [1.807, 2.05) is 11.7 Å². The van der Waals surface area contributed by atoms with Crippen LogP contribution in [-0.2, 0) is 20.0 Å². The summed E-state index contributed by atoms with van der Waals surface area (Å²) in [6.45, 7) is 5.38. The van der Waals surface area contributed by atoms with Gasteiger partial charge in [0.25, 0.3) is 0 Å². The third-order valence-electron chi connectivity index (χ3n) is 4.15. The van der Waals surface area contributed by atoms with Gasteiger partial charge >= 0.3 is 0 Å². The van der Waals surface area contributed by atoms with Gasteiger partial charge in [-0.05, 0) is 43.5 Å². The highest BCUT2D eigenvalue weighted by Gasteiger charge is 2.11. The first-order chi connectivity index (χ1) is 10.3. The van der Waals surface area contributed by atoms with E-state index in [2.05, 4.69) is 52.7 Å². The van der Waals surface area contributed by atoms with E-state index in [1.54, 1.807) is 0 Å². The molecule has 1 saturated heterocycles. The molecule has 4 heteroatoms. The van der Waals surface area contributed by atoms with Gasteiger partial charge in [0.15, 0.2) is 0 Å². The zero-order valence-corrected chi connectivity index (χ0v) is 13.0. The fourth-order valence-corrected chi connectivity index (χ4v) is 2.99. The zero-order chi connectivity index (χ0) is 14.7. The van der Waals surface area contributed by atoms with Gasteiger partial charge in [0.05, 0.1) is 5.69 Å². The number of aryl methyl sites for hydroxylation is 2. The van der Waals surface area contributed by atoms with E-state index in [9.17, 15) is 0 Å². The van der Waals surface area contributed by atoms with E-state index in [0.717, 1.165) is 13.0 Å². The van der Waals surface area contributed by atoms with Gasteiger partial charge in [0.1, 0.15) is 0 Å². The average Bonchev–Trinajstić information content (AvgIpc) is 3.15. The molecule has 112 valence electrons. The minimum atomic E-state index is 0.833. The zero-order valence-electron chi connectivity index (χ0n) is 13.0. The van der Waals surface area contributed by atoms with Crippen LogP contribution in [-0.4, -0.2) is 22.9 Å². The van der Waals surface area contributed by atoms with Crippen molar-refractivity contribution >= 4 is 11.4 Å². The molecule has 0 bridgehead atoms. The highest BCUT2D eigenvalue weighted by molar-refractivity contribution is 5.55. The Hall–Kier alpha value is -1.97. The molecule has 0 amide bonds. The van der Waals surface area contributed by atoms with Crippen LogP contribution in [0, 0.1) is 0 Å². The number of nitrogens with one attached hydrogen (secondary N) is 1. The number of hydrogen-bond acceptors (Lipinski definition) is 3. The lowest BCUT2D eigenvalue weighted by Crippen LogP contribution is -2.17. The topological polar surface area (TPSA) is 33.1 Å². The second-order valence-electron chi connectivity index (χ2n) is 5.72. The standard InChI is InChI=1S/C17H24N4/c1-3-17-14(13-20(2)19-17)12-18-15-6-8-16(9-7-15)21-10-4-5-11-21/h6-9,13,18H,3-5,10-12H2,1-2H3. The minimum absolute atomic E-state index is 0.833. The van der Waals surface area contributed by atoms with Gasteiger partial charge < -0.3 is 10.2 Å². The predicted molar refractivity (Wildman–Crippen MR) is 87.8 cm³/mol. The van der Waals surface area contributed by atoms with E-state index in [1.165, 1.54) is 48.6 Å². The highest BCUT2D eigenvalue weighted by atomic mass is 15.3. The van der Waals surface area contributed by atoms with Crippen LogP contribution in [0.25, 0.3) is 0 Å². The Balaban J connectivity index is 1.62. The summed E-state index contributed by atoms with van der Waals surface area (Å²) in [6, 6.07) is 8.79. The molecule has 1 N–H and O–H groups in total. The molecule has 0 atom stereocenters. The molecule has 1 aliphatic heterocycles. The molecule has 1 aliphatic rings. The Morgan fingerprint density at radius 1 is 1.14 bits per heavy atom. The van der Waals surface area contributed by atoms with E-state index in [0.29, 0.717) is 0 Å². The van der Waals surface area contributed by atoms with Crippen LogP contribution >= 0.6 is 0 Å². The monoisotopic (exact) mass is 284 g/mol. The Kier molecular flexibility index (Phi) is 4.13. The maximum atomic E-state index is 4.48. The van der Waals surface area contributed by atoms with Crippen LogP contribution in [0.15, 0.2) is 30.5 Å². The van der Waals surface area contributed by atoms with Gasteiger partial charge in [-0.1, -0.05) is 6.92 Å². The summed E-state index contributed by atoms with van der Waals surface area (Å²) in [5.74, 6) is 0. The molecule has 2 aromatic rings. The van der Waals surface area contributed by atoms with Crippen LogP contribution in [0.2, 0.25) is 0 Å². The molecular formula is C17H24N4. The molecule has 1 aromatic carbocycles. The van der Waals surface area contributed by atoms with Crippen LogP contribution < -0.4 is 10.2 Å². The van der Waals surface area contributed by atoms with Gasteiger partial charge in [-0.25, -0.2) is 0 Å². The van der Waals surface area contributed by atoms with Crippen LogP contribution in [0.5, 0.6) is 0 Å². The lowest BCUT2D eigenvalue weighted by molar-refractivity contribution is 0.746. The number of aromatic nitrogens is 2. The van der Waals surface area contributed by atoms with E-state index in [-0.39, 0.29) is 0 Å². The van der Waals surface area contributed by atoms with Crippen molar-refractivity contribution in [3.05, 3.63) is 41.7 Å². The summed E-state index contributed by atoms with van der Waals surface area (Å²) < 4.78 is 1.90. The Labute approximate surface area is 126 Å². The number of rotatable bonds is 5. The van der Waals surface area contributed by atoms with Crippen LogP contribution in [0.1, 0.15) is 31.0 Å². The summed E-state index contributed by atoms with van der Waals surface area (Å²) in [5, 5.41) is 7.97. The summed E-state index contributed by atoms with van der Waals surface area (Å²) in [5.41, 5.74) is 4.97. The SMILES string of the molecule is CCc1nn(C)cc1CNc1ccc(N2CCCC2)cc1. The van der Waals surface area contributed by atoms with Gasteiger partial charge in [0, 0.05) is 49.8 Å². The largest absolute Gasteiger partial charge is 0.381 e. The van der Waals surface area contributed by atoms with Crippen molar-refractivity contribution in [2.75, 3.05) is 23.3 Å². The molecular weight excluding hydrogens is 260 g/mol. The molecule has 0 unspecified atom stereocenters. The second kappa shape index (κ2) is 6.20. The second-order valence-corrected chi connectivity index (χ2v) is 5.72. The molecule has 3 rings (SSSR count). The summed E-state index contributed by atoms with van der Waals surface area (Å²) in [6.07, 6.45) is 5.72. The fraction of sp³-hybridized carbons (Fsp3) is 0.471. The highest BCUT2D eigenvalue weighted by Crippen LogP contribution is 2.22. The summed E-state index contributed by atoms with van der Waals surface area (Å²) in [4.78, 5) is 2.46. The number of benzene rings is 1. The first-order valence-corrected chi connectivity index (χ1v) is 7.86. The van der Waals surface area contributed by atoms with E-state index < -0.39 is 0 Å². The Morgan fingerprint density at radius 3 is 2.52 bits per heavy atom. The van der Waals surface area contributed by atoms with Gasteiger partial charge in [-0.2, -0.15) is 5.10 Å². The third kappa shape index (κ3) is 3.20. The van der Waals surface area contributed by atoms with E-state index in [4.69, 9.17) is 0 Å². The first-order valence-electron chi connectivity index (χ1n) is 7.86. The van der Waals surface area contributed by atoms with Crippen molar-refractivity contribution in [1.29, 1.82) is 0 Å². The Bertz CT molecular complexity index is 579. The maximum Gasteiger partial charge on any atom is 0.0671 e. The molecule has 21 heavy (non-hydrogen) atoms. The molecule has 1 fully saturated rings. The Morgan fingerprint density at radius 2 is 1.86 bits per heavy atom. The molecule has 0 aliphatic carbocycles. The van der Waals surface area contributed by atoms with Gasteiger partial charge in [0.2, 0.25) is 0 Å². The molecule has 0 spiro atoms. The fourth-order valence-electron chi connectivity index (χ4n) is 2.99. The van der Waals surface area contributed by atoms with Crippen molar-refractivity contribution in [1.82, 2.24) is 9.78 Å². The molecule has 0 saturated carbocycles. The molecule has 0 radical (unpaired) electrons. The quantitative estimate of drug-likeness (QED) is 0.915. The third-order valence-corrected chi connectivity index (χ3v) is 4.15. The van der Waals surface area contributed by atoms with Crippen molar-refractivity contribution in [3.8, 4) is 0 Å². The molecule has 2 heterocycles. The number of nitrogens with zero attached hydrogens (tertiary/aromatic N) is 3. The van der Waals surface area contributed by atoms with Crippen molar-refractivity contribution in [2.45, 2.75) is 32.7 Å². The first kappa shape index (κ1) is 14.0. The lowest BCUT2D eigenvalue weighted by atomic mass is 10.2. The maximum absolute atomic E-state index is 4.48.